The van der Waals surface area contributed by atoms with Gasteiger partial charge in [0.25, 0.3) is 0 Å². The van der Waals surface area contributed by atoms with Crippen LogP contribution in [0.4, 0.5) is 0 Å². The van der Waals surface area contributed by atoms with Gasteiger partial charge in [0.1, 0.15) is 0 Å². The molecule has 0 aromatic rings. The van der Waals surface area contributed by atoms with Crippen LogP contribution in [-0.4, -0.2) is 24.0 Å². The molecule has 0 saturated heterocycles. The first-order valence-electron chi connectivity index (χ1n) is 4.42. The molecule has 1 aliphatic rings. The van der Waals surface area contributed by atoms with Crippen LogP contribution in [0.5, 0.6) is 0 Å². The maximum absolute atomic E-state index is 5.17. The number of nitrogens with one attached hydrogen (secondary N) is 1. The highest BCUT2D eigenvalue weighted by Crippen LogP contribution is 2.47. The van der Waals surface area contributed by atoms with Crippen LogP contribution in [0.15, 0.2) is 0 Å². The maximum atomic E-state index is 5.17. The Morgan fingerprint density at radius 1 is 1.42 bits per heavy atom. The Kier molecular flexibility index (Phi) is 3.07. The molecular weight excluding hydrogens is 170 g/mol. The molecule has 0 spiro atoms. The summed E-state index contributed by atoms with van der Waals surface area (Å²) in [6.07, 6.45) is 2.57. The Bertz CT molecular complexity index is 149. The van der Waals surface area contributed by atoms with Crippen molar-refractivity contribution in [3.05, 3.63) is 0 Å². The van der Waals surface area contributed by atoms with Gasteiger partial charge in [0.15, 0.2) is 0 Å². The van der Waals surface area contributed by atoms with Crippen LogP contribution in [0, 0.1) is 0 Å². The van der Waals surface area contributed by atoms with E-state index in [2.05, 4.69) is 25.5 Å². The zero-order chi connectivity index (χ0) is 9.24. The van der Waals surface area contributed by atoms with E-state index in [-0.39, 0.29) is 5.54 Å². The van der Waals surface area contributed by atoms with Gasteiger partial charge in [0.05, 0.1) is 11.4 Å². The third-order valence-electron chi connectivity index (χ3n) is 1.79. The van der Waals surface area contributed by atoms with Crippen LogP contribution in [0.3, 0.4) is 0 Å². The van der Waals surface area contributed by atoms with Crippen molar-refractivity contribution >= 4 is 11.9 Å². The summed E-state index contributed by atoms with van der Waals surface area (Å²) in [4.78, 5) is 0. The molecule has 0 aromatic heterocycles. The molecule has 1 aliphatic carbocycles. The van der Waals surface area contributed by atoms with E-state index in [4.69, 9.17) is 4.74 Å². The van der Waals surface area contributed by atoms with Crippen molar-refractivity contribution in [2.24, 2.45) is 0 Å². The van der Waals surface area contributed by atoms with E-state index in [1.54, 1.807) is 7.11 Å². The molecular formula is C9H19NOS. The average Bonchev–Trinajstić information content (AvgIpc) is 2.65. The molecule has 0 unspecified atom stereocenters. The largest absolute Gasteiger partial charge is 0.383 e. The van der Waals surface area contributed by atoms with E-state index in [0.717, 1.165) is 6.61 Å². The highest BCUT2D eigenvalue weighted by molar-refractivity contribution is 7.99. The lowest BCUT2D eigenvalue weighted by Gasteiger charge is -2.23. The first-order chi connectivity index (χ1) is 5.47. The van der Waals surface area contributed by atoms with Gasteiger partial charge in [-0.2, -0.15) is 0 Å². The van der Waals surface area contributed by atoms with Crippen LogP contribution in [0.25, 0.3) is 0 Å². The second-order valence-corrected chi connectivity index (χ2v) is 5.84. The second kappa shape index (κ2) is 3.56. The van der Waals surface area contributed by atoms with Crippen molar-refractivity contribution in [2.45, 2.75) is 43.9 Å². The number of hydrogen-bond donors (Lipinski definition) is 1. The fourth-order valence-corrected chi connectivity index (χ4v) is 1.95. The summed E-state index contributed by atoms with van der Waals surface area (Å²) in [5.74, 6) is 0. The van der Waals surface area contributed by atoms with Gasteiger partial charge in [-0.05, 0) is 33.6 Å². The summed E-state index contributed by atoms with van der Waals surface area (Å²) in [6, 6.07) is 0. The minimum atomic E-state index is 0.202. The average molecular weight is 189 g/mol. The summed E-state index contributed by atoms with van der Waals surface area (Å²) in [5, 5.41) is 0. The Labute approximate surface area is 79.6 Å². The van der Waals surface area contributed by atoms with E-state index >= 15 is 0 Å². The summed E-state index contributed by atoms with van der Waals surface area (Å²) in [5.41, 5.74) is 0.202. The zero-order valence-electron chi connectivity index (χ0n) is 8.44. The van der Waals surface area contributed by atoms with E-state index in [1.807, 2.05) is 11.9 Å². The predicted octanol–water partition coefficient (Wildman–Crippen LogP) is 2.20. The summed E-state index contributed by atoms with van der Waals surface area (Å²) < 4.78 is 9.01. The predicted molar refractivity (Wildman–Crippen MR) is 54.3 cm³/mol. The van der Waals surface area contributed by atoms with Gasteiger partial charge in [-0.15, -0.1) is 0 Å². The van der Waals surface area contributed by atoms with Gasteiger partial charge in [-0.3, -0.25) is 4.72 Å². The quantitative estimate of drug-likeness (QED) is 0.685. The molecule has 0 atom stereocenters. The molecule has 0 bridgehead atoms. The number of methoxy groups -OCH3 is 1. The molecule has 12 heavy (non-hydrogen) atoms. The first kappa shape index (κ1) is 10.4. The molecule has 3 heteroatoms. The Hall–Kier alpha value is 0.270. The van der Waals surface area contributed by atoms with E-state index in [1.165, 1.54) is 12.8 Å². The Morgan fingerprint density at radius 3 is 2.33 bits per heavy atom. The summed E-state index contributed by atoms with van der Waals surface area (Å²) in [7, 11) is 1.78. The number of ether oxygens (including phenoxy) is 1. The minimum absolute atomic E-state index is 0.202. The molecule has 72 valence electrons. The van der Waals surface area contributed by atoms with Crippen LogP contribution < -0.4 is 4.72 Å². The lowest BCUT2D eigenvalue weighted by molar-refractivity contribution is 0.194. The molecule has 0 aromatic carbocycles. The van der Waals surface area contributed by atoms with Gasteiger partial charge in [0.2, 0.25) is 0 Å². The zero-order valence-corrected chi connectivity index (χ0v) is 9.25. The smallest absolute Gasteiger partial charge is 0.0622 e. The van der Waals surface area contributed by atoms with Crippen LogP contribution >= 0.6 is 11.9 Å². The number of hydrogen-bond acceptors (Lipinski definition) is 3. The molecule has 0 heterocycles. The summed E-state index contributed by atoms with van der Waals surface area (Å²) >= 11 is 1.85. The highest BCUT2D eigenvalue weighted by atomic mass is 32.2. The molecule has 1 N–H and O–H groups in total. The van der Waals surface area contributed by atoms with Crippen molar-refractivity contribution in [1.29, 1.82) is 0 Å². The van der Waals surface area contributed by atoms with Gasteiger partial charge in [0, 0.05) is 12.6 Å². The molecule has 0 radical (unpaired) electrons. The summed E-state index contributed by atoms with van der Waals surface area (Å²) in [6.45, 7) is 7.43. The van der Waals surface area contributed by atoms with Gasteiger partial charge in [-0.1, -0.05) is 11.9 Å². The van der Waals surface area contributed by atoms with Crippen molar-refractivity contribution in [1.82, 2.24) is 4.72 Å². The topological polar surface area (TPSA) is 21.3 Å². The molecule has 0 aliphatic heterocycles. The van der Waals surface area contributed by atoms with E-state index < -0.39 is 0 Å². The fraction of sp³-hybridized carbons (Fsp3) is 1.00. The van der Waals surface area contributed by atoms with Crippen LogP contribution in [-0.2, 0) is 4.74 Å². The van der Waals surface area contributed by atoms with Crippen molar-refractivity contribution in [2.75, 3.05) is 13.7 Å². The molecule has 0 amide bonds. The SMILES string of the molecule is COCC1(SNC(C)(C)C)CC1. The Morgan fingerprint density at radius 2 is 2.00 bits per heavy atom. The second-order valence-electron chi connectivity index (χ2n) is 4.57. The monoisotopic (exact) mass is 189 g/mol. The Balaban J connectivity index is 2.22. The fourth-order valence-electron chi connectivity index (χ4n) is 0.940. The van der Waals surface area contributed by atoms with E-state index in [0.29, 0.717) is 4.75 Å². The third-order valence-corrected chi connectivity index (χ3v) is 3.46. The third kappa shape index (κ3) is 3.33. The van der Waals surface area contributed by atoms with Gasteiger partial charge < -0.3 is 4.74 Å². The lowest BCUT2D eigenvalue weighted by Crippen LogP contribution is -2.33. The van der Waals surface area contributed by atoms with E-state index in [9.17, 15) is 0 Å². The minimum Gasteiger partial charge on any atom is -0.383 e. The molecule has 1 rings (SSSR count). The molecule has 1 fully saturated rings. The maximum Gasteiger partial charge on any atom is 0.0622 e. The van der Waals surface area contributed by atoms with Crippen molar-refractivity contribution < 1.29 is 4.74 Å². The molecule has 2 nitrogen and oxygen atoms in total. The molecule has 1 saturated carbocycles. The van der Waals surface area contributed by atoms with Crippen LogP contribution in [0.1, 0.15) is 33.6 Å². The van der Waals surface area contributed by atoms with Gasteiger partial charge >= 0.3 is 0 Å². The first-order valence-corrected chi connectivity index (χ1v) is 5.23. The van der Waals surface area contributed by atoms with Crippen LogP contribution in [0.2, 0.25) is 0 Å². The number of rotatable bonds is 4. The van der Waals surface area contributed by atoms with Crippen molar-refractivity contribution in [3.8, 4) is 0 Å². The highest BCUT2D eigenvalue weighted by Gasteiger charge is 2.44. The van der Waals surface area contributed by atoms with Gasteiger partial charge in [-0.25, -0.2) is 0 Å². The standard InChI is InChI=1S/C9H19NOS/c1-8(2,3)10-12-9(5-6-9)7-11-4/h10H,5-7H2,1-4H3. The normalized spacial score (nSPS) is 21.0. The lowest BCUT2D eigenvalue weighted by atomic mass is 10.1. The van der Waals surface area contributed by atoms with Crippen molar-refractivity contribution in [3.63, 3.8) is 0 Å².